The molecule has 1 aromatic rings. The van der Waals surface area contributed by atoms with E-state index in [0.29, 0.717) is 37.1 Å². The standard InChI is InChI=1S/C22H30N2O6/c1-15(2)9-12-30-21(26)14-17-22(27)23-10-11-24(17)20(25)8-6-16-5-7-18(28-3)19(13-16)29-4/h5-8,13,15,17H,9-12,14H2,1-4H3,(H,23,27)/b8-6+. The first-order chi connectivity index (χ1) is 14.3. The van der Waals surface area contributed by atoms with Gasteiger partial charge in [-0.05, 0) is 36.1 Å². The summed E-state index contributed by atoms with van der Waals surface area (Å²) in [6, 6.07) is 4.40. The molecule has 0 aliphatic carbocycles. The highest BCUT2D eigenvalue weighted by atomic mass is 16.5. The quantitative estimate of drug-likeness (QED) is 0.487. The van der Waals surface area contributed by atoms with E-state index in [1.165, 1.54) is 18.1 Å². The van der Waals surface area contributed by atoms with E-state index in [0.717, 1.165) is 12.0 Å². The van der Waals surface area contributed by atoms with Crippen LogP contribution in [0.1, 0.15) is 32.3 Å². The molecule has 0 bridgehead atoms. The second-order valence-electron chi connectivity index (χ2n) is 7.39. The molecule has 1 atom stereocenters. The fourth-order valence-corrected chi connectivity index (χ4v) is 3.03. The Morgan fingerprint density at radius 1 is 1.23 bits per heavy atom. The van der Waals surface area contributed by atoms with Crippen LogP contribution in [0.15, 0.2) is 24.3 Å². The van der Waals surface area contributed by atoms with Crippen molar-refractivity contribution in [3.63, 3.8) is 0 Å². The Balaban J connectivity index is 2.05. The van der Waals surface area contributed by atoms with Crippen molar-refractivity contribution in [2.75, 3.05) is 33.9 Å². The molecular formula is C22H30N2O6. The molecule has 0 saturated carbocycles. The molecule has 1 aliphatic rings. The van der Waals surface area contributed by atoms with Gasteiger partial charge in [0.2, 0.25) is 11.8 Å². The van der Waals surface area contributed by atoms with Gasteiger partial charge in [0.25, 0.3) is 0 Å². The number of methoxy groups -OCH3 is 2. The van der Waals surface area contributed by atoms with Crippen molar-refractivity contribution in [3.8, 4) is 11.5 Å². The van der Waals surface area contributed by atoms with Crippen LogP contribution in [0.3, 0.4) is 0 Å². The number of piperazine rings is 1. The Morgan fingerprint density at radius 3 is 2.63 bits per heavy atom. The van der Waals surface area contributed by atoms with Gasteiger partial charge in [0.05, 0.1) is 27.2 Å². The summed E-state index contributed by atoms with van der Waals surface area (Å²) in [6.45, 7) is 5.04. The number of benzene rings is 1. The number of amides is 2. The van der Waals surface area contributed by atoms with Crippen LogP contribution in [0.25, 0.3) is 6.08 Å². The van der Waals surface area contributed by atoms with Crippen LogP contribution in [0.4, 0.5) is 0 Å². The first-order valence-corrected chi connectivity index (χ1v) is 9.99. The van der Waals surface area contributed by atoms with Crippen LogP contribution < -0.4 is 14.8 Å². The molecule has 0 radical (unpaired) electrons. The molecule has 30 heavy (non-hydrogen) atoms. The van der Waals surface area contributed by atoms with Crippen molar-refractivity contribution in [1.82, 2.24) is 10.2 Å². The van der Waals surface area contributed by atoms with Crippen LogP contribution >= 0.6 is 0 Å². The smallest absolute Gasteiger partial charge is 0.308 e. The van der Waals surface area contributed by atoms with Crippen molar-refractivity contribution in [1.29, 1.82) is 0 Å². The molecular weight excluding hydrogens is 388 g/mol. The highest BCUT2D eigenvalue weighted by Gasteiger charge is 2.34. The van der Waals surface area contributed by atoms with Crippen molar-refractivity contribution in [2.45, 2.75) is 32.7 Å². The Kier molecular flexibility index (Phi) is 8.70. The highest BCUT2D eigenvalue weighted by Crippen LogP contribution is 2.28. The Hall–Kier alpha value is -3.03. The van der Waals surface area contributed by atoms with E-state index in [-0.39, 0.29) is 18.2 Å². The average molecular weight is 418 g/mol. The van der Waals surface area contributed by atoms with Crippen molar-refractivity contribution < 1.29 is 28.6 Å². The number of nitrogens with one attached hydrogen (secondary N) is 1. The third-order valence-electron chi connectivity index (χ3n) is 4.76. The third-order valence-corrected chi connectivity index (χ3v) is 4.76. The fraction of sp³-hybridized carbons (Fsp3) is 0.500. The Bertz CT molecular complexity index is 790. The van der Waals surface area contributed by atoms with Crippen LogP contribution in [-0.2, 0) is 19.1 Å². The summed E-state index contributed by atoms with van der Waals surface area (Å²) in [5.74, 6) is 0.362. The number of carbonyl (C=O) groups excluding carboxylic acids is 3. The molecule has 0 aromatic heterocycles. The zero-order valence-corrected chi connectivity index (χ0v) is 18.0. The second-order valence-corrected chi connectivity index (χ2v) is 7.39. The summed E-state index contributed by atoms with van der Waals surface area (Å²) in [4.78, 5) is 38.6. The van der Waals surface area contributed by atoms with Gasteiger partial charge in [-0.2, -0.15) is 0 Å². The lowest BCUT2D eigenvalue weighted by Gasteiger charge is -2.33. The number of esters is 1. The number of hydrogen-bond donors (Lipinski definition) is 1. The number of nitrogens with zero attached hydrogens (tertiary/aromatic N) is 1. The van der Waals surface area contributed by atoms with Gasteiger partial charge in [0.1, 0.15) is 6.04 Å². The molecule has 1 fully saturated rings. The number of hydrogen-bond acceptors (Lipinski definition) is 6. The van der Waals surface area contributed by atoms with E-state index in [2.05, 4.69) is 5.32 Å². The normalized spacial score (nSPS) is 16.5. The van der Waals surface area contributed by atoms with Crippen molar-refractivity contribution in [2.24, 2.45) is 5.92 Å². The third kappa shape index (κ3) is 6.50. The lowest BCUT2D eigenvalue weighted by Crippen LogP contribution is -2.57. The van der Waals surface area contributed by atoms with E-state index in [1.807, 2.05) is 13.8 Å². The van der Waals surface area contributed by atoms with E-state index < -0.39 is 12.0 Å². The van der Waals surface area contributed by atoms with Gasteiger partial charge in [-0.3, -0.25) is 14.4 Å². The van der Waals surface area contributed by atoms with Crippen molar-refractivity contribution >= 4 is 23.9 Å². The van der Waals surface area contributed by atoms with E-state index in [9.17, 15) is 14.4 Å². The fourth-order valence-electron chi connectivity index (χ4n) is 3.03. The SMILES string of the molecule is COc1ccc(/C=C/C(=O)N2CCNC(=O)C2CC(=O)OCCC(C)C)cc1OC. The lowest BCUT2D eigenvalue weighted by atomic mass is 10.1. The minimum atomic E-state index is -0.882. The number of carbonyl (C=O) groups is 3. The minimum absolute atomic E-state index is 0.167. The van der Waals surface area contributed by atoms with Crippen molar-refractivity contribution in [3.05, 3.63) is 29.8 Å². The molecule has 2 rings (SSSR count). The summed E-state index contributed by atoms with van der Waals surface area (Å²) in [6.07, 6.45) is 3.60. The van der Waals surface area contributed by atoms with E-state index in [4.69, 9.17) is 14.2 Å². The number of rotatable bonds is 9. The van der Waals surface area contributed by atoms with Gasteiger partial charge >= 0.3 is 5.97 Å². The van der Waals surface area contributed by atoms with E-state index >= 15 is 0 Å². The number of ether oxygens (including phenoxy) is 3. The summed E-state index contributed by atoms with van der Waals surface area (Å²) < 4.78 is 15.7. The highest BCUT2D eigenvalue weighted by molar-refractivity contribution is 5.97. The second kappa shape index (κ2) is 11.2. The summed E-state index contributed by atoms with van der Waals surface area (Å²) in [5.41, 5.74) is 0.743. The van der Waals surface area contributed by atoms with Gasteiger partial charge in [-0.25, -0.2) is 0 Å². The predicted octanol–water partition coefficient (Wildman–Crippen LogP) is 2.02. The topological polar surface area (TPSA) is 94.2 Å². The van der Waals surface area contributed by atoms with Gasteiger partial charge in [0.15, 0.2) is 11.5 Å². The maximum absolute atomic E-state index is 12.7. The molecule has 1 N–H and O–H groups in total. The molecule has 8 heteroatoms. The maximum Gasteiger partial charge on any atom is 0.308 e. The monoisotopic (exact) mass is 418 g/mol. The average Bonchev–Trinajstić information content (AvgIpc) is 2.72. The maximum atomic E-state index is 12.7. The molecule has 8 nitrogen and oxygen atoms in total. The molecule has 1 saturated heterocycles. The Labute approximate surface area is 177 Å². The van der Waals surface area contributed by atoms with Gasteiger partial charge in [0, 0.05) is 19.2 Å². The largest absolute Gasteiger partial charge is 0.493 e. The zero-order chi connectivity index (χ0) is 22.1. The van der Waals surface area contributed by atoms with Crippen LogP contribution in [-0.4, -0.2) is 62.6 Å². The van der Waals surface area contributed by atoms with Crippen LogP contribution in [0, 0.1) is 5.92 Å². The molecule has 1 unspecified atom stereocenters. The first-order valence-electron chi connectivity index (χ1n) is 9.99. The molecule has 1 aromatic carbocycles. The molecule has 1 aliphatic heterocycles. The Morgan fingerprint density at radius 2 is 1.97 bits per heavy atom. The van der Waals surface area contributed by atoms with Gasteiger partial charge in [-0.1, -0.05) is 19.9 Å². The minimum Gasteiger partial charge on any atom is -0.493 e. The van der Waals surface area contributed by atoms with E-state index in [1.54, 1.807) is 31.4 Å². The molecule has 1 heterocycles. The summed E-state index contributed by atoms with van der Waals surface area (Å²) >= 11 is 0. The van der Waals surface area contributed by atoms with Crippen LogP contribution in [0.2, 0.25) is 0 Å². The molecule has 2 amide bonds. The molecule has 164 valence electrons. The van der Waals surface area contributed by atoms with Crippen LogP contribution in [0.5, 0.6) is 11.5 Å². The predicted molar refractivity (Wildman–Crippen MR) is 112 cm³/mol. The first kappa shape index (κ1) is 23.3. The summed E-state index contributed by atoms with van der Waals surface area (Å²) in [5, 5.41) is 2.70. The molecule has 0 spiro atoms. The lowest BCUT2D eigenvalue weighted by molar-refractivity contribution is -0.150. The van der Waals surface area contributed by atoms with Gasteiger partial charge in [-0.15, -0.1) is 0 Å². The van der Waals surface area contributed by atoms with Gasteiger partial charge < -0.3 is 24.4 Å². The zero-order valence-electron chi connectivity index (χ0n) is 18.0. The summed E-state index contributed by atoms with van der Waals surface area (Å²) in [7, 11) is 3.08.